The highest BCUT2D eigenvalue weighted by Crippen LogP contribution is 2.35. The summed E-state index contributed by atoms with van der Waals surface area (Å²) in [6, 6.07) is 33.8. The van der Waals surface area contributed by atoms with E-state index in [1.165, 1.54) is 5.56 Å². The minimum Gasteiger partial charge on any atom is -0.380 e. The van der Waals surface area contributed by atoms with Gasteiger partial charge in [-0.15, -0.1) is 0 Å². The van der Waals surface area contributed by atoms with Gasteiger partial charge in [0, 0.05) is 46.2 Å². The van der Waals surface area contributed by atoms with Crippen molar-refractivity contribution in [3.8, 4) is 33.6 Å². The minimum atomic E-state index is 0.203. The first-order chi connectivity index (χ1) is 18.1. The van der Waals surface area contributed by atoms with Gasteiger partial charge >= 0.3 is 0 Å². The maximum absolute atomic E-state index is 6.57. The fourth-order valence-corrected chi connectivity index (χ4v) is 4.69. The third kappa shape index (κ3) is 6.19. The van der Waals surface area contributed by atoms with E-state index < -0.39 is 0 Å². The molecule has 0 amide bonds. The average Bonchev–Trinajstić information content (AvgIpc) is 2.93. The second-order valence-corrected chi connectivity index (χ2v) is 9.85. The van der Waals surface area contributed by atoms with Crippen molar-refractivity contribution >= 4 is 28.9 Å². The van der Waals surface area contributed by atoms with E-state index in [2.05, 4.69) is 47.6 Å². The number of anilines is 1. The van der Waals surface area contributed by atoms with E-state index in [0.29, 0.717) is 10.0 Å². The molecule has 0 aliphatic carbocycles. The van der Waals surface area contributed by atoms with Crippen molar-refractivity contribution in [2.75, 3.05) is 5.32 Å². The smallest absolute Gasteiger partial charge is 0.0955 e. The zero-order valence-corrected chi connectivity index (χ0v) is 22.0. The van der Waals surface area contributed by atoms with E-state index in [4.69, 9.17) is 28.2 Å². The Bertz CT molecular complexity index is 1500. The van der Waals surface area contributed by atoms with Crippen molar-refractivity contribution in [1.29, 1.82) is 0 Å². The van der Waals surface area contributed by atoms with Gasteiger partial charge in [0.2, 0.25) is 0 Å². The predicted molar refractivity (Wildman–Crippen MR) is 155 cm³/mol. The van der Waals surface area contributed by atoms with Crippen LogP contribution in [0.4, 0.5) is 5.69 Å². The number of benzene rings is 3. The van der Waals surface area contributed by atoms with Gasteiger partial charge in [-0.2, -0.15) is 0 Å². The lowest BCUT2D eigenvalue weighted by Crippen LogP contribution is -2.17. The molecule has 3 nitrogen and oxygen atoms in total. The number of aryl methyl sites for hydroxylation is 1. The normalized spacial score (nSPS) is 11.8. The Morgan fingerprint density at radius 1 is 0.838 bits per heavy atom. The molecule has 5 heteroatoms. The summed E-state index contributed by atoms with van der Waals surface area (Å²) < 4.78 is 0. The van der Waals surface area contributed by atoms with Crippen molar-refractivity contribution < 1.29 is 0 Å². The molecule has 1 N–H and O–H groups in total. The summed E-state index contributed by atoms with van der Waals surface area (Å²) in [4.78, 5) is 9.41. The van der Waals surface area contributed by atoms with Crippen molar-refractivity contribution in [1.82, 2.24) is 9.97 Å². The highest BCUT2D eigenvalue weighted by atomic mass is 35.5. The van der Waals surface area contributed by atoms with Gasteiger partial charge in [0.15, 0.2) is 0 Å². The van der Waals surface area contributed by atoms with Crippen LogP contribution in [0.15, 0.2) is 103 Å². The minimum absolute atomic E-state index is 0.203. The monoisotopic (exact) mass is 522 g/mol. The zero-order valence-electron chi connectivity index (χ0n) is 20.5. The van der Waals surface area contributed by atoms with E-state index in [1.54, 1.807) is 6.20 Å². The van der Waals surface area contributed by atoms with Crippen molar-refractivity contribution in [3.05, 3.63) is 125 Å². The number of hydrogen-bond acceptors (Lipinski definition) is 3. The first-order valence-electron chi connectivity index (χ1n) is 12.3. The highest BCUT2D eigenvalue weighted by molar-refractivity contribution is 6.33. The van der Waals surface area contributed by atoms with Gasteiger partial charge in [0.1, 0.15) is 0 Å². The number of rotatable bonds is 8. The molecule has 0 fully saturated rings. The SMILES string of the molecule is CC(CCc1ccccc1)Nc1[c]c(-c2ccnc(-c3cccc(Cl)c3)c2)cnc1-c1ccccc1Cl. The fraction of sp³-hybridized carbons (Fsp3) is 0.125. The molecule has 1 radical (unpaired) electrons. The van der Waals surface area contributed by atoms with Crippen molar-refractivity contribution in [2.45, 2.75) is 25.8 Å². The Morgan fingerprint density at radius 2 is 1.65 bits per heavy atom. The third-order valence-corrected chi connectivity index (χ3v) is 6.80. The molecule has 5 rings (SSSR count). The summed E-state index contributed by atoms with van der Waals surface area (Å²) in [6.07, 6.45) is 5.60. The van der Waals surface area contributed by atoms with Crippen LogP contribution in [-0.4, -0.2) is 16.0 Å². The molecule has 1 unspecified atom stereocenters. The molecule has 3 aromatic carbocycles. The van der Waals surface area contributed by atoms with Gasteiger partial charge in [0.25, 0.3) is 0 Å². The van der Waals surface area contributed by atoms with Crippen LogP contribution in [0.25, 0.3) is 33.6 Å². The Hall–Kier alpha value is -3.66. The average molecular weight is 523 g/mol. The van der Waals surface area contributed by atoms with Crippen LogP contribution >= 0.6 is 23.2 Å². The molecule has 2 heterocycles. The quantitative estimate of drug-likeness (QED) is 0.221. The second kappa shape index (κ2) is 11.6. The van der Waals surface area contributed by atoms with Crippen molar-refractivity contribution in [2.24, 2.45) is 0 Å². The highest BCUT2D eigenvalue weighted by Gasteiger charge is 2.15. The van der Waals surface area contributed by atoms with E-state index in [1.807, 2.05) is 72.9 Å². The second-order valence-electron chi connectivity index (χ2n) is 9.01. The topological polar surface area (TPSA) is 37.8 Å². The summed E-state index contributed by atoms with van der Waals surface area (Å²) in [6.45, 7) is 2.18. The van der Waals surface area contributed by atoms with Gasteiger partial charge in [-0.25, -0.2) is 0 Å². The van der Waals surface area contributed by atoms with Crippen LogP contribution < -0.4 is 5.32 Å². The third-order valence-electron chi connectivity index (χ3n) is 6.24. The van der Waals surface area contributed by atoms with Crippen LogP contribution in [0.3, 0.4) is 0 Å². The number of pyridine rings is 2. The van der Waals surface area contributed by atoms with Gasteiger partial charge < -0.3 is 5.32 Å². The van der Waals surface area contributed by atoms with Crippen LogP contribution in [-0.2, 0) is 6.42 Å². The van der Waals surface area contributed by atoms with Crippen LogP contribution in [0.2, 0.25) is 10.0 Å². The summed E-state index contributed by atoms with van der Waals surface area (Å²) in [5.41, 5.74) is 7.46. The van der Waals surface area contributed by atoms with Crippen LogP contribution in [0.1, 0.15) is 18.9 Å². The van der Waals surface area contributed by atoms with Gasteiger partial charge in [-0.3, -0.25) is 9.97 Å². The largest absolute Gasteiger partial charge is 0.380 e. The Kier molecular flexibility index (Phi) is 7.84. The summed E-state index contributed by atoms with van der Waals surface area (Å²) in [7, 11) is 0. The molecule has 0 aliphatic heterocycles. The fourth-order valence-electron chi connectivity index (χ4n) is 4.28. The summed E-state index contributed by atoms with van der Waals surface area (Å²) in [5, 5.41) is 5.00. The van der Waals surface area contributed by atoms with E-state index in [-0.39, 0.29) is 6.04 Å². The Morgan fingerprint density at radius 3 is 2.46 bits per heavy atom. The number of hydrogen-bond donors (Lipinski definition) is 1. The molecule has 37 heavy (non-hydrogen) atoms. The molecule has 0 aliphatic rings. The van der Waals surface area contributed by atoms with Crippen LogP contribution in [0.5, 0.6) is 0 Å². The Labute approximate surface area is 228 Å². The molecule has 0 saturated carbocycles. The maximum Gasteiger partial charge on any atom is 0.0955 e. The number of aromatic nitrogens is 2. The van der Waals surface area contributed by atoms with E-state index in [9.17, 15) is 0 Å². The first kappa shape index (κ1) is 25.0. The van der Waals surface area contributed by atoms with Gasteiger partial charge in [-0.05, 0) is 61.2 Å². The van der Waals surface area contributed by atoms with Gasteiger partial charge in [0.05, 0.1) is 22.1 Å². The predicted octanol–water partition coefficient (Wildman–Crippen LogP) is 9.02. The lowest BCUT2D eigenvalue weighted by molar-refractivity contribution is 0.706. The summed E-state index contributed by atoms with van der Waals surface area (Å²) in [5.74, 6) is 0. The molecule has 1 atom stereocenters. The summed E-state index contributed by atoms with van der Waals surface area (Å²) >= 11 is 12.8. The van der Waals surface area contributed by atoms with Crippen LogP contribution in [0, 0.1) is 6.07 Å². The zero-order chi connectivity index (χ0) is 25.6. The molecule has 183 valence electrons. The lowest BCUT2D eigenvalue weighted by atomic mass is 10.0. The molecule has 2 aromatic heterocycles. The van der Waals surface area contributed by atoms with E-state index in [0.717, 1.165) is 52.2 Å². The van der Waals surface area contributed by atoms with Crippen molar-refractivity contribution in [3.63, 3.8) is 0 Å². The first-order valence-corrected chi connectivity index (χ1v) is 13.0. The maximum atomic E-state index is 6.57. The molecule has 0 saturated heterocycles. The van der Waals surface area contributed by atoms with Gasteiger partial charge in [-0.1, -0.05) is 83.9 Å². The Balaban J connectivity index is 1.48. The number of nitrogens with zero attached hydrogens (tertiary/aromatic N) is 2. The number of nitrogens with one attached hydrogen (secondary N) is 1. The van der Waals surface area contributed by atoms with E-state index >= 15 is 0 Å². The molecule has 0 bridgehead atoms. The molecular weight excluding hydrogens is 497 g/mol. The molecule has 0 spiro atoms. The lowest BCUT2D eigenvalue weighted by Gasteiger charge is -2.19. The molecular formula is C32H26Cl2N3. The molecule has 5 aromatic rings. The standard InChI is InChI=1S/C32H26Cl2N3/c1-22(14-15-23-8-3-2-4-9-23)37-31-20-26(21-36-32(31)28-12-5-6-13-29(28)34)24-16-17-35-30(19-24)25-10-7-11-27(33)18-25/h2-13,16-19,21-22,37H,14-15H2,1H3. The number of halogens is 2.